The zero-order valence-electron chi connectivity index (χ0n) is 27.7. The molecule has 0 amide bonds. The minimum atomic E-state index is -0.330. The molecule has 4 aromatic carbocycles. The first-order chi connectivity index (χ1) is 22.7. The Morgan fingerprint density at radius 2 is 1.32 bits per heavy atom. The van der Waals surface area contributed by atoms with Crippen LogP contribution < -0.4 is 0 Å². The molecule has 0 spiro atoms. The van der Waals surface area contributed by atoms with Gasteiger partial charge in [0.2, 0.25) is 0 Å². The predicted octanol–water partition coefficient (Wildman–Crippen LogP) is 11.9. The number of benzene rings is 4. The molecule has 0 saturated heterocycles. The van der Waals surface area contributed by atoms with E-state index >= 15 is 0 Å². The van der Waals surface area contributed by atoms with Gasteiger partial charge in [-0.15, -0.1) is 11.3 Å². The standard InChI is InChI=1S/C45H39NS/c1-28(2)31-19-21-35-37-26-42-38(27-41(37)44(5,39(35)24-31)33-14-9-7-10-15-33)36-22-20-32(29(3)46-30(4)43-18-13-23-47-43)25-40(36)45(42,6)34-16-11-8-12-17-34/h7-18,20,22-27H,1,3,19,21H2,2,4-6H3. The number of hydrogen-bond acceptors (Lipinski definition) is 2. The van der Waals surface area contributed by atoms with Crippen LogP contribution in [0.2, 0.25) is 0 Å². The lowest BCUT2D eigenvalue weighted by Crippen LogP contribution is -2.25. The van der Waals surface area contributed by atoms with E-state index in [4.69, 9.17) is 4.99 Å². The molecule has 8 rings (SSSR count). The average Bonchev–Trinajstić information content (AvgIpc) is 3.80. The number of hydrogen-bond donors (Lipinski definition) is 0. The van der Waals surface area contributed by atoms with E-state index in [1.165, 1.54) is 71.7 Å². The summed E-state index contributed by atoms with van der Waals surface area (Å²) in [4.78, 5) is 6.14. The molecular weight excluding hydrogens is 587 g/mol. The van der Waals surface area contributed by atoms with Crippen LogP contribution in [0.15, 0.2) is 149 Å². The second kappa shape index (κ2) is 10.9. The highest BCUT2D eigenvalue weighted by Gasteiger charge is 2.47. The summed E-state index contributed by atoms with van der Waals surface area (Å²) in [5, 5.41) is 2.09. The first-order valence-electron chi connectivity index (χ1n) is 16.5. The molecule has 1 aromatic heterocycles. The van der Waals surface area contributed by atoms with Gasteiger partial charge in [-0.1, -0.05) is 104 Å². The topological polar surface area (TPSA) is 12.4 Å². The summed E-state index contributed by atoms with van der Waals surface area (Å²) in [5.74, 6) is 0. The van der Waals surface area contributed by atoms with Crippen LogP contribution in [0.4, 0.5) is 0 Å². The van der Waals surface area contributed by atoms with E-state index in [9.17, 15) is 0 Å². The van der Waals surface area contributed by atoms with Crippen LogP contribution in [0, 0.1) is 0 Å². The number of nitrogens with zero attached hydrogens (tertiary/aromatic N) is 1. The second-order valence-electron chi connectivity index (χ2n) is 13.6. The number of aliphatic imine (C=N–C) groups is 1. The summed E-state index contributed by atoms with van der Waals surface area (Å²) in [6.45, 7) is 17.8. The highest BCUT2D eigenvalue weighted by Crippen LogP contribution is 2.60. The van der Waals surface area contributed by atoms with E-state index in [2.05, 4.69) is 155 Å². The van der Waals surface area contributed by atoms with Crippen molar-refractivity contribution in [1.82, 2.24) is 0 Å². The fourth-order valence-corrected chi connectivity index (χ4v) is 9.00. The molecule has 2 atom stereocenters. The minimum absolute atomic E-state index is 0.254. The summed E-state index contributed by atoms with van der Waals surface area (Å²) in [6.07, 6.45) is 4.52. The van der Waals surface area contributed by atoms with E-state index in [0.717, 1.165) is 29.8 Å². The molecule has 0 radical (unpaired) electrons. The van der Waals surface area contributed by atoms with Gasteiger partial charge in [-0.25, -0.2) is 0 Å². The van der Waals surface area contributed by atoms with Gasteiger partial charge in [0.1, 0.15) is 0 Å². The second-order valence-corrected chi connectivity index (χ2v) is 14.6. The molecule has 47 heavy (non-hydrogen) atoms. The molecular formula is C45H39NS. The van der Waals surface area contributed by atoms with Crippen molar-refractivity contribution < 1.29 is 0 Å². The molecule has 1 heterocycles. The van der Waals surface area contributed by atoms with Crippen LogP contribution in [0.1, 0.15) is 84.4 Å². The fraction of sp³-hybridized carbons (Fsp3) is 0.178. The highest BCUT2D eigenvalue weighted by molar-refractivity contribution is 7.12. The van der Waals surface area contributed by atoms with Gasteiger partial charge in [0.25, 0.3) is 0 Å². The van der Waals surface area contributed by atoms with Gasteiger partial charge < -0.3 is 0 Å². The Morgan fingerprint density at radius 3 is 1.98 bits per heavy atom. The third kappa shape index (κ3) is 4.38. The number of allylic oxidation sites excluding steroid dienone is 5. The van der Waals surface area contributed by atoms with Crippen molar-refractivity contribution in [3.63, 3.8) is 0 Å². The molecule has 5 aromatic rings. The lowest BCUT2D eigenvalue weighted by Gasteiger charge is -2.32. The van der Waals surface area contributed by atoms with Crippen molar-refractivity contribution in [3.05, 3.63) is 188 Å². The lowest BCUT2D eigenvalue weighted by atomic mass is 9.70. The predicted molar refractivity (Wildman–Crippen MR) is 201 cm³/mol. The van der Waals surface area contributed by atoms with Gasteiger partial charge in [-0.3, -0.25) is 4.99 Å². The Hall–Kier alpha value is -4.79. The van der Waals surface area contributed by atoms with Crippen LogP contribution in [-0.4, -0.2) is 5.71 Å². The Balaban J connectivity index is 1.35. The third-order valence-electron chi connectivity index (χ3n) is 11.0. The largest absolute Gasteiger partial charge is 0.252 e. The van der Waals surface area contributed by atoms with E-state index < -0.39 is 0 Å². The van der Waals surface area contributed by atoms with Crippen LogP contribution >= 0.6 is 11.3 Å². The zero-order valence-corrected chi connectivity index (χ0v) is 28.5. The van der Waals surface area contributed by atoms with E-state index in [1.54, 1.807) is 11.3 Å². The molecule has 1 nitrogen and oxygen atoms in total. The van der Waals surface area contributed by atoms with Crippen molar-refractivity contribution in [1.29, 1.82) is 0 Å². The van der Waals surface area contributed by atoms with Gasteiger partial charge in [-0.2, -0.15) is 0 Å². The number of rotatable bonds is 6. The zero-order chi connectivity index (χ0) is 32.5. The smallest absolute Gasteiger partial charge is 0.0634 e. The van der Waals surface area contributed by atoms with Crippen LogP contribution in [0.25, 0.3) is 22.4 Å². The van der Waals surface area contributed by atoms with Crippen LogP contribution in [-0.2, 0) is 10.8 Å². The Kier molecular flexibility index (Phi) is 6.86. The quantitative estimate of drug-likeness (QED) is 0.167. The van der Waals surface area contributed by atoms with Crippen molar-refractivity contribution in [2.45, 2.75) is 51.4 Å². The first-order valence-corrected chi connectivity index (χ1v) is 17.4. The first kappa shape index (κ1) is 29.6. The Bertz CT molecular complexity index is 2190. The molecule has 0 fully saturated rings. The van der Waals surface area contributed by atoms with E-state index in [-0.39, 0.29) is 10.8 Å². The maximum atomic E-state index is 4.97. The molecule has 3 aliphatic rings. The summed E-state index contributed by atoms with van der Waals surface area (Å²) in [7, 11) is 0. The molecule has 0 N–H and O–H groups in total. The molecule has 3 aliphatic carbocycles. The summed E-state index contributed by atoms with van der Waals surface area (Å²) < 4.78 is 0. The third-order valence-corrected chi connectivity index (χ3v) is 12.0. The minimum Gasteiger partial charge on any atom is -0.252 e. The van der Waals surface area contributed by atoms with E-state index in [0.29, 0.717) is 0 Å². The lowest BCUT2D eigenvalue weighted by molar-refractivity contribution is 0.696. The van der Waals surface area contributed by atoms with Gasteiger partial charge >= 0.3 is 0 Å². The van der Waals surface area contributed by atoms with Crippen molar-refractivity contribution in [3.8, 4) is 11.1 Å². The molecule has 0 aliphatic heterocycles. The molecule has 0 bridgehead atoms. The van der Waals surface area contributed by atoms with Gasteiger partial charge in [0.15, 0.2) is 0 Å². The summed E-state index contributed by atoms with van der Waals surface area (Å²) in [6, 6.07) is 38.2. The number of fused-ring (bicyclic) bond motifs is 5. The number of thiophene rings is 1. The summed E-state index contributed by atoms with van der Waals surface area (Å²) >= 11 is 1.71. The van der Waals surface area contributed by atoms with Gasteiger partial charge in [0.05, 0.1) is 11.4 Å². The van der Waals surface area contributed by atoms with Crippen LogP contribution in [0.5, 0.6) is 0 Å². The fourth-order valence-electron chi connectivity index (χ4n) is 8.32. The Morgan fingerprint density at radius 1 is 0.681 bits per heavy atom. The maximum Gasteiger partial charge on any atom is 0.0634 e. The van der Waals surface area contributed by atoms with Crippen molar-refractivity contribution in [2.75, 3.05) is 0 Å². The highest BCUT2D eigenvalue weighted by atomic mass is 32.1. The normalized spacial score (nSPS) is 21.1. The van der Waals surface area contributed by atoms with E-state index in [1.807, 2.05) is 0 Å². The van der Waals surface area contributed by atoms with Gasteiger partial charge in [-0.05, 0) is 137 Å². The molecule has 230 valence electrons. The molecule has 2 heteroatoms. The monoisotopic (exact) mass is 625 g/mol. The SMILES string of the molecule is C=C(C)C1=CC2=C(CC1)c1cc3c(cc1C2(C)c1ccccc1)-c1ccc(C(=C)N=C(C)c2cccs2)cc1C3(C)c1ccccc1. The maximum absolute atomic E-state index is 4.97. The van der Waals surface area contributed by atoms with Crippen molar-refractivity contribution >= 4 is 28.3 Å². The van der Waals surface area contributed by atoms with Crippen LogP contribution in [0.3, 0.4) is 0 Å². The average molecular weight is 626 g/mol. The molecule has 2 unspecified atom stereocenters. The van der Waals surface area contributed by atoms with Gasteiger partial charge in [0, 0.05) is 15.7 Å². The summed E-state index contributed by atoms with van der Waals surface area (Å²) in [5.41, 5.74) is 18.5. The van der Waals surface area contributed by atoms with Crippen molar-refractivity contribution in [2.24, 2.45) is 4.99 Å². The molecule has 0 saturated carbocycles. The Labute approximate surface area is 283 Å².